The Balaban J connectivity index is 1.60. The van der Waals surface area contributed by atoms with Crippen LogP contribution in [0.1, 0.15) is 6.42 Å². The summed E-state index contributed by atoms with van der Waals surface area (Å²) < 4.78 is 11.2. The smallest absolute Gasteiger partial charge is 0.163 e. The molecule has 0 unspecified atom stereocenters. The zero-order valence-corrected chi connectivity index (χ0v) is 11.9. The molecule has 0 amide bonds. The van der Waals surface area contributed by atoms with Crippen LogP contribution in [0.3, 0.4) is 0 Å². The van der Waals surface area contributed by atoms with E-state index in [0.29, 0.717) is 13.2 Å². The van der Waals surface area contributed by atoms with E-state index >= 15 is 0 Å². The molecule has 1 aromatic carbocycles. The predicted octanol–water partition coefficient (Wildman–Crippen LogP) is 0.929. The fraction of sp³-hybridized carbons (Fsp3) is 0.600. The molecule has 3 rings (SSSR count). The summed E-state index contributed by atoms with van der Waals surface area (Å²) in [7, 11) is 0. The minimum atomic E-state index is 0.642. The molecule has 2 N–H and O–H groups in total. The average Bonchev–Trinajstić information content (AvgIpc) is 2.53. The Hall–Kier alpha value is -1.46. The number of benzene rings is 1. The highest BCUT2D eigenvalue weighted by molar-refractivity contribution is 5.57. The van der Waals surface area contributed by atoms with Crippen LogP contribution in [0.5, 0.6) is 11.5 Å². The molecule has 110 valence electrons. The first-order chi connectivity index (χ1) is 9.86. The normalized spacial score (nSPS) is 19.1. The lowest BCUT2D eigenvalue weighted by atomic mass is 10.2. The van der Waals surface area contributed by atoms with Crippen molar-refractivity contribution in [1.82, 2.24) is 4.90 Å². The molecule has 5 nitrogen and oxygen atoms in total. The second-order valence-corrected chi connectivity index (χ2v) is 5.30. The number of nitrogens with two attached hydrogens (primary N) is 1. The van der Waals surface area contributed by atoms with Crippen LogP contribution >= 0.6 is 0 Å². The van der Waals surface area contributed by atoms with Gasteiger partial charge in [-0.1, -0.05) is 0 Å². The van der Waals surface area contributed by atoms with Gasteiger partial charge in [0, 0.05) is 37.9 Å². The highest BCUT2D eigenvalue weighted by Crippen LogP contribution is 2.34. The van der Waals surface area contributed by atoms with Gasteiger partial charge in [0.15, 0.2) is 11.5 Å². The summed E-state index contributed by atoms with van der Waals surface area (Å²) in [6, 6.07) is 6.25. The van der Waals surface area contributed by atoms with Crippen molar-refractivity contribution in [3.8, 4) is 11.5 Å². The van der Waals surface area contributed by atoms with E-state index in [2.05, 4.69) is 21.9 Å². The van der Waals surface area contributed by atoms with Crippen molar-refractivity contribution in [2.24, 2.45) is 5.73 Å². The molecule has 1 fully saturated rings. The van der Waals surface area contributed by atoms with Crippen molar-refractivity contribution in [3.63, 3.8) is 0 Å². The van der Waals surface area contributed by atoms with Crippen molar-refractivity contribution in [3.05, 3.63) is 18.2 Å². The Bertz CT molecular complexity index is 445. The molecule has 0 bridgehead atoms. The van der Waals surface area contributed by atoms with Crippen LogP contribution in [0.25, 0.3) is 0 Å². The van der Waals surface area contributed by atoms with E-state index in [1.54, 1.807) is 0 Å². The van der Waals surface area contributed by atoms with Crippen molar-refractivity contribution in [2.45, 2.75) is 6.42 Å². The molecule has 0 aromatic heterocycles. The number of hydrogen-bond acceptors (Lipinski definition) is 5. The van der Waals surface area contributed by atoms with Crippen LogP contribution in [0.2, 0.25) is 0 Å². The van der Waals surface area contributed by atoms with E-state index in [1.807, 2.05) is 6.07 Å². The van der Waals surface area contributed by atoms with E-state index in [0.717, 1.165) is 57.2 Å². The maximum absolute atomic E-state index is 5.65. The van der Waals surface area contributed by atoms with E-state index in [9.17, 15) is 0 Å². The third-order valence-corrected chi connectivity index (χ3v) is 3.94. The molecule has 5 heteroatoms. The first-order valence-electron chi connectivity index (χ1n) is 7.44. The Labute approximate surface area is 120 Å². The number of rotatable bonds is 4. The van der Waals surface area contributed by atoms with Gasteiger partial charge in [-0.2, -0.15) is 0 Å². The second-order valence-electron chi connectivity index (χ2n) is 5.30. The third-order valence-electron chi connectivity index (χ3n) is 3.94. The number of anilines is 1. The van der Waals surface area contributed by atoms with Crippen molar-refractivity contribution in [1.29, 1.82) is 0 Å². The van der Waals surface area contributed by atoms with Crippen LogP contribution < -0.4 is 20.1 Å². The Kier molecular flexibility index (Phi) is 4.28. The molecular formula is C15H23N3O2. The zero-order valence-electron chi connectivity index (χ0n) is 11.9. The van der Waals surface area contributed by atoms with Crippen LogP contribution in [0, 0.1) is 0 Å². The lowest BCUT2D eigenvalue weighted by Crippen LogP contribution is -2.46. The van der Waals surface area contributed by atoms with E-state index < -0.39 is 0 Å². The summed E-state index contributed by atoms with van der Waals surface area (Å²) in [5.74, 6) is 1.74. The Morgan fingerprint density at radius 3 is 2.50 bits per heavy atom. The molecule has 2 heterocycles. The van der Waals surface area contributed by atoms with Crippen LogP contribution in [-0.4, -0.2) is 57.4 Å². The fourth-order valence-electron chi connectivity index (χ4n) is 2.77. The van der Waals surface area contributed by atoms with Crippen LogP contribution in [0.15, 0.2) is 18.2 Å². The van der Waals surface area contributed by atoms with Gasteiger partial charge in [0.2, 0.25) is 0 Å². The highest BCUT2D eigenvalue weighted by Gasteiger charge is 2.19. The highest BCUT2D eigenvalue weighted by atomic mass is 16.6. The first kappa shape index (κ1) is 13.5. The van der Waals surface area contributed by atoms with E-state index in [-0.39, 0.29) is 0 Å². The summed E-state index contributed by atoms with van der Waals surface area (Å²) in [6.07, 6.45) is 1.09. The van der Waals surface area contributed by atoms with Gasteiger partial charge in [0.05, 0.1) is 0 Å². The van der Waals surface area contributed by atoms with Gasteiger partial charge in [-0.25, -0.2) is 0 Å². The molecule has 2 aliphatic rings. The molecule has 1 saturated heterocycles. The van der Waals surface area contributed by atoms with Gasteiger partial charge in [0.25, 0.3) is 0 Å². The molecule has 0 spiro atoms. The molecule has 0 atom stereocenters. The standard InChI is InChI=1S/C15H23N3O2/c16-4-1-5-17-6-8-18(9-7-17)13-2-3-14-15(12-13)20-11-10-19-14/h2-3,12H,1,4-11,16H2. The van der Waals surface area contributed by atoms with Gasteiger partial charge in [-0.15, -0.1) is 0 Å². The number of ether oxygens (including phenoxy) is 2. The number of nitrogens with zero attached hydrogens (tertiary/aromatic N) is 2. The molecule has 1 aromatic rings. The van der Waals surface area contributed by atoms with Crippen LogP contribution in [0.4, 0.5) is 5.69 Å². The van der Waals surface area contributed by atoms with E-state index in [1.165, 1.54) is 5.69 Å². The minimum Gasteiger partial charge on any atom is -0.486 e. The van der Waals surface area contributed by atoms with Crippen LogP contribution in [-0.2, 0) is 0 Å². The SMILES string of the molecule is NCCCN1CCN(c2ccc3c(c2)OCCO3)CC1. The minimum absolute atomic E-state index is 0.642. The van der Waals surface area contributed by atoms with E-state index in [4.69, 9.17) is 15.2 Å². The van der Waals surface area contributed by atoms with Crippen molar-refractivity contribution in [2.75, 3.05) is 57.4 Å². The summed E-state index contributed by atoms with van der Waals surface area (Å²) >= 11 is 0. The molecule has 20 heavy (non-hydrogen) atoms. The molecule has 2 aliphatic heterocycles. The van der Waals surface area contributed by atoms with Gasteiger partial charge in [0.1, 0.15) is 13.2 Å². The second kappa shape index (κ2) is 6.33. The molecule has 0 aliphatic carbocycles. The largest absolute Gasteiger partial charge is 0.486 e. The summed E-state index contributed by atoms with van der Waals surface area (Å²) in [5, 5.41) is 0. The maximum atomic E-state index is 5.65. The monoisotopic (exact) mass is 277 g/mol. The lowest BCUT2D eigenvalue weighted by molar-refractivity contribution is 0.171. The Morgan fingerprint density at radius 1 is 1.00 bits per heavy atom. The van der Waals surface area contributed by atoms with Gasteiger partial charge in [-0.3, -0.25) is 4.90 Å². The summed E-state index contributed by atoms with van der Waals surface area (Å²) in [6.45, 7) is 7.51. The van der Waals surface area contributed by atoms with Crippen molar-refractivity contribution < 1.29 is 9.47 Å². The zero-order chi connectivity index (χ0) is 13.8. The number of fused-ring (bicyclic) bond motifs is 1. The van der Waals surface area contributed by atoms with Gasteiger partial charge < -0.3 is 20.1 Å². The average molecular weight is 277 g/mol. The molecule has 0 radical (unpaired) electrons. The molecule has 0 saturated carbocycles. The van der Waals surface area contributed by atoms with Gasteiger partial charge in [-0.05, 0) is 31.6 Å². The predicted molar refractivity (Wildman–Crippen MR) is 79.8 cm³/mol. The van der Waals surface area contributed by atoms with Gasteiger partial charge >= 0.3 is 0 Å². The maximum Gasteiger partial charge on any atom is 0.163 e. The Morgan fingerprint density at radius 2 is 1.75 bits per heavy atom. The summed E-state index contributed by atoms with van der Waals surface area (Å²) in [4.78, 5) is 4.90. The number of piperazine rings is 1. The third kappa shape index (κ3) is 2.99. The fourth-order valence-corrected chi connectivity index (χ4v) is 2.77. The topological polar surface area (TPSA) is 51.0 Å². The molecular weight excluding hydrogens is 254 g/mol. The first-order valence-corrected chi connectivity index (χ1v) is 7.44. The number of hydrogen-bond donors (Lipinski definition) is 1. The summed E-state index contributed by atoms with van der Waals surface area (Å²) in [5.41, 5.74) is 6.80. The van der Waals surface area contributed by atoms with Crippen molar-refractivity contribution >= 4 is 5.69 Å². The lowest BCUT2D eigenvalue weighted by Gasteiger charge is -2.36. The quantitative estimate of drug-likeness (QED) is 0.887.